The summed E-state index contributed by atoms with van der Waals surface area (Å²) in [7, 11) is 0. The number of rotatable bonds is 18. The molecule has 2 unspecified atom stereocenters. The van der Waals surface area contributed by atoms with Crippen LogP contribution in [-0.4, -0.2) is 36.1 Å². The zero-order chi connectivity index (χ0) is 20.0. The summed E-state index contributed by atoms with van der Waals surface area (Å²) in [6.45, 7) is 1.01. The second kappa shape index (κ2) is 21.9. The molecular weight excluding hydrogens is 324 g/mol. The van der Waals surface area contributed by atoms with Crippen LogP contribution < -0.4 is 0 Å². The van der Waals surface area contributed by atoms with Gasteiger partial charge in [0.05, 0.1) is 14.6 Å². The molecule has 0 bridgehead atoms. The predicted molar refractivity (Wildman–Crippen MR) is 112 cm³/mol. The smallest absolute Gasteiger partial charge is 0.104 e. The van der Waals surface area contributed by atoms with Gasteiger partial charge in [-0.3, -0.25) is 0 Å². The van der Waals surface area contributed by atoms with Crippen LogP contribution in [0.3, 0.4) is 0 Å². The number of allylic oxidation sites excluding steroid dienone is 8. The van der Waals surface area contributed by atoms with Crippen molar-refractivity contribution in [1.82, 2.24) is 0 Å². The molecule has 0 radical (unpaired) electrons. The van der Waals surface area contributed by atoms with Gasteiger partial charge in [0.2, 0.25) is 0 Å². The Morgan fingerprint density at radius 1 is 0.769 bits per heavy atom. The van der Waals surface area contributed by atoms with Crippen LogP contribution in [0.1, 0.15) is 72.5 Å². The van der Waals surface area contributed by atoms with Gasteiger partial charge in [0.15, 0.2) is 0 Å². The Morgan fingerprint density at radius 3 is 1.73 bits per heavy atom. The van der Waals surface area contributed by atoms with Gasteiger partial charge in [-0.15, -0.1) is 0 Å². The van der Waals surface area contributed by atoms with E-state index in [9.17, 15) is 0 Å². The van der Waals surface area contributed by atoms with E-state index in [4.69, 9.17) is 16.3 Å². The van der Waals surface area contributed by atoms with E-state index in [1.807, 2.05) is 0 Å². The van der Waals surface area contributed by atoms with E-state index in [1.165, 1.54) is 25.7 Å². The van der Waals surface area contributed by atoms with E-state index >= 15 is 0 Å². The van der Waals surface area contributed by atoms with Gasteiger partial charge in [0, 0.05) is 6.61 Å². The average Bonchev–Trinajstić information content (AvgIpc) is 2.66. The molecule has 0 aromatic rings. The summed E-state index contributed by atoms with van der Waals surface area (Å²) >= 11 is 0. The summed E-state index contributed by atoms with van der Waals surface area (Å²) in [6, 6.07) is 0. The average molecular weight is 366 g/mol. The fourth-order valence-corrected chi connectivity index (χ4v) is 2.30. The summed E-state index contributed by atoms with van der Waals surface area (Å²) in [5, 5.41) is 17.9. The molecule has 0 saturated heterocycles. The number of hydrogen-bond acceptors (Lipinski definition) is 3. The van der Waals surface area contributed by atoms with Crippen molar-refractivity contribution in [2.24, 2.45) is 0 Å². The molecule has 2 N–H and O–H groups in total. The lowest BCUT2D eigenvalue weighted by molar-refractivity contribution is -0.0206. The van der Waals surface area contributed by atoms with E-state index in [2.05, 4.69) is 55.5 Å². The molecule has 26 heavy (non-hydrogen) atoms. The highest BCUT2D eigenvalue weighted by atomic mass is 16.5. The first-order valence-corrected chi connectivity index (χ1v) is 10.1. The fraction of sp³-hybridized carbons (Fsp3) is 0.652. The lowest BCUT2D eigenvalue weighted by Crippen LogP contribution is -2.22. The maximum atomic E-state index is 9.02. The van der Waals surface area contributed by atoms with Gasteiger partial charge in [0.1, 0.15) is 6.10 Å². The first-order valence-electron chi connectivity index (χ1n) is 10.7. The molecule has 0 aliphatic rings. The third kappa shape index (κ3) is 19.2. The molecular formula is C23H40O3. The van der Waals surface area contributed by atoms with E-state index in [0.717, 1.165) is 38.5 Å². The zero-order valence-electron chi connectivity index (χ0n) is 17.6. The standard InChI is InChI=1S/C23H40O3/c1-2-3-4-5-6-7-8-9-10-11-12-13-14-15-16-17-18-19-20-26-23(21-24)22-25/h6-7,9-10,12-13,15-16,23-25H,2-5,8,11,14,17-22H2,1H3/b7-6-,10-9-,13-12-,16-15-/i21D. The summed E-state index contributed by atoms with van der Waals surface area (Å²) in [5.74, 6) is 0. The number of ether oxygens (including phenoxy) is 1. The Morgan fingerprint density at radius 2 is 1.27 bits per heavy atom. The Kier molecular flexibility index (Phi) is 19.3. The van der Waals surface area contributed by atoms with Crippen molar-refractivity contribution < 1.29 is 16.3 Å². The first kappa shape index (κ1) is 22.9. The minimum absolute atomic E-state index is 0.318. The summed E-state index contributed by atoms with van der Waals surface area (Å²) in [6.07, 6.45) is 27.9. The summed E-state index contributed by atoms with van der Waals surface area (Å²) in [4.78, 5) is 0. The van der Waals surface area contributed by atoms with Crippen LogP contribution in [0.25, 0.3) is 0 Å². The predicted octanol–water partition coefficient (Wildman–Crippen LogP) is 5.50. The molecule has 0 fully saturated rings. The first-order chi connectivity index (χ1) is 13.2. The molecule has 3 heteroatoms. The van der Waals surface area contributed by atoms with Crippen molar-refractivity contribution in [2.75, 3.05) is 19.8 Å². The Bertz CT molecular complexity index is 414. The highest BCUT2D eigenvalue weighted by molar-refractivity contribution is 4.99. The van der Waals surface area contributed by atoms with Crippen LogP contribution in [0.2, 0.25) is 0 Å². The van der Waals surface area contributed by atoms with Crippen LogP contribution in [0.5, 0.6) is 0 Å². The van der Waals surface area contributed by atoms with Crippen LogP contribution in [0, 0.1) is 0 Å². The Balaban J connectivity index is 3.46. The summed E-state index contributed by atoms with van der Waals surface area (Å²) in [5.41, 5.74) is 0. The fourth-order valence-electron chi connectivity index (χ4n) is 2.30. The van der Waals surface area contributed by atoms with Crippen molar-refractivity contribution in [3.63, 3.8) is 0 Å². The second-order valence-electron chi connectivity index (χ2n) is 6.33. The molecule has 0 rings (SSSR count). The van der Waals surface area contributed by atoms with Gasteiger partial charge in [-0.05, 0) is 51.4 Å². The molecule has 0 aliphatic heterocycles. The molecule has 0 aliphatic carbocycles. The van der Waals surface area contributed by atoms with E-state index in [0.29, 0.717) is 6.61 Å². The van der Waals surface area contributed by atoms with Gasteiger partial charge in [-0.2, -0.15) is 0 Å². The van der Waals surface area contributed by atoms with Gasteiger partial charge in [-0.1, -0.05) is 68.4 Å². The van der Waals surface area contributed by atoms with Crippen LogP contribution in [0.4, 0.5) is 0 Å². The monoisotopic (exact) mass is 365 g/mol. The maximum absolute atomic E-state index is 9.02. The molecule has 0 aromatic carbocycles. The van der Waals surface area contributed by atoms with Crippen molar-refractivity contribution in [2.45, 2.75) is 77.2 Å². The van der Waals surface area contributed by atoms with Crippen molar-refractivity contribution in [1.29, 1.82) is 0 Å². The Labute approximate surface area is 162 Å². The minimum Gasteiger partial charge on any atom is -0.394 e. The highest BCUT2D eigenvalue weighted by Gasteiger charge is 2.03. The lowest BCUT2D eigenvalue weighted by Gasteiger charge is -2.11. The topological polar surface area (TPSA) is 49.7 Å². The van der Waals surface area contributed by atoms with Crippen LogP contribution in [0.15, 0.2) is 48.6 Å². The van der Waals surface area contributed by atoms with E-state index in [-0.39, 0.29) is 6.61 Å². The van der Waals surface area contributed by atoms with Gasteiger partial charge in [0.25, 0.3) is 0 Å². The van der Waals surface area contributed by atoms with Gasteiger partial charge >= 0.3 is 0 Å². The Hall–Kier alpha value is -1.16. The zero-order valence-corrected chi connectivity index (χ0v) is 16.6. The van der Waals surface area contributed by atoms with Gasteiger partial charge in [-0.25, -0.2) is 0 Å². The third-order valence-electron chi connectivity index (χ3n) is 3.90. The van der Waals surface area contributed by atoms with Gasteiger partial charge < -0.3 is 14.9 Å². The van der Waals surface area contributed by atoms with Crippen molar-refractivity contribution in [3.05, 3.63) is 48.6 Å². The molecule has 3 nitrogen and oxygen atoms in total. The second-order valence-corrected chi connectivity index (χ2v) is 6.33. The number of hydrogen-bond donors (Lipinski definition) is 2. The molecule has 0 amide bonds. The van der Waals surface area contributed by atoms with Crippen molar-refractivity contribution in [3.8, 4) is 0 Å². The third-order valence-corrected chi connectivity index (χ3v) is 3.90. The van der Waals surface area contributed by atoms with Crippen LogP contribution >= 0.6 is 0 Å². The molecule has 0 aromatic heterocycles. The number of aliphatic hydroxyl groups excluding tert-OH is 2. The van der Waals surface area contributed by atoms with Crippen molar-refractivity contribution >= 4 is 0 Å². The van der Waals surface area contributed by atoms with E-state index < -0.39 is 12.7 Å². The maximum Gasteiger partial charge on any atom is 0.104 e. The number of unbranched alkanes of at least 4 members (excludes halogenated alkanes) is 5. The summed E-state index contributed by atoms with van der Waals surface area (Å²) < 4.78 is 12.3. The molecule has 0 spiro atoms. The quantitative estimate of drug-likeness (QED) is 0.249. The highest BCUT2D eigenvalue weighted by Crippen LogP contribution is 2.02. The molecule has 0 saturated carbocycles. The largest absolute Gasteiger partial charge is 0.394 e. The molecule has 150 valence electrons. The number of aliphatic hydroxyl groups is 2. The molecule has 2 atom stereocenters. The molecule has 0 heterocycles. The lowest BCUT2D eigenvalue weighted by atomic mass is 10.2. The van der Waals surface area contributed by atoms with Crippen LogP contribution in [-0.2, 0) is 4.74 Å². The van der Waals surface area contributed by atoms with E-state index in [1.54, 1.807) is 0 Å². The minimum atomic E-state index is -1.37. The normalized spacial score (nSPS) is 15.6. The SMILES string of the molecule is [2H]C(O)C(CO)OCCCC/C=C\C/C=C\C/C=C\C/C=C\CCCCC.